The molecule has 1 saturated heterocycles. The van der Waals surface area contributed by atoms with Crippen LogP contribution in [0.25, 0.3) is 11.2 Å². The van der Waals surface area contributed by atoms with Gasteiger partial charge in [-0.15, -0.1) is 0 Å². The quantitative estimate of drug-likeness (QED) is 0.281. The molecule has 7 N–H and O–H groups in total. The summed E-state index contributed by atoms with van der Waals surface area (Å²) in [4.78, 5) is 47.5. The molecule has 0 aliphatic carbocycles. The minimum Gasteiger partial charge on any atom is -0.387 e. The molecule has 4 atom stereocenters. The largest absolute Gasteiger partial charge is 0.470 e. The standard InChI is InChI=1S/C10H15N5O10P2/c11-8-5-9(13-2-12-8)15(3-14-5)10-7(25-27(20,21)22)6(16)4(24-10)1-23-26(17,18)19/h2-4,6-7,10,16H,1H2,(H2,11,12,13)(H2,17,18,19)(H2,20,21,22)/t4-,6-,7-,10-/m0/s1. The Labute approximate surface area is 150 Å². The summed E-state index contributed by atoms with van der Waals surface area (Å²) < 4.78 is 37.7. The van der Waals surface area contributed by atoms with Crippen molar-refractivity contribution >= 4 is 32.6 Å². The topological polar surface area (TPSA) is 233 Å². The van der Waals surface area contributed by atoms with Gasteiger partial charge in [-0.3, -0.25) is 13.6 Å². The third kappa shape index (κ3) is 4.50. The maximum Gasteiger partial charge on any atom is 0.470 e. The van der Waals surface area contributed by atoms with Crippen molar-refractivity contribution in [2.24, 2.45) is 0 Å². The number of nitrogens with zero attached hydrogens (tertiary/aromatic N) is 4. The lowest BCUT2D eigenvalue weighted by Crippen LogP contribution is -2.35. The second kappa shape index (κ2) is 7.14. The van der Waals surface area contributed by atoms with Crippen LogP contribution in [-0.2, 0) is 22.9 Å². The molecule has 0 radical (unpaired) electrons. The molecular weight excluding hydrogens is 412 g/mol. The third-order valence-electron chi connectivity index (χ3n) is 3.64. The first-order chi connectivity index (χ1) is 12.5. The van der Waals surface area contributed by atoms with Gasteiger partial charge in [-0.25, -0.2) is 24.1 Å². The first-order valence-electron chi connectivity index (χ1n) is 7.17. The van der Waals surface area contributed by atoms with Crippen molar-refractivity contribution in [3.05, 3.63) is 12.7 Å². The summed E-state index contributed by atoms with van der Waals surface area (Å²) >= 11 is 0. The smallest absolute Gasteiger partial charge is 0.387 e. The molecular formula is C10H15N5O10P2. The molecule has 0 amide bonds. The Kier molecular flexibility index (Phi) is 5.35. The van der Waals surface area contributed by atoms with Crippen LogP contribution in [0.15, 0.2) is 12.7 Å². The highest BCUT2D eigenvalue weighted by Gasteiger charge is 2.49. The van der Waals surface area contributed by atoms with Crippen molar-refractivity contribution < 1.29 is 47.6 Å². The van der Waals surface area contributed by atoms with E-state index in [0.717, 1.165) is 6.33 Å². The molecule has 1 aliphatic heterocycles. The number of hydrogen-bond acceptors (Lipinski definition) is 10. The first kappa shape index (κ1) is 20.2. The van der Waals surface area contributed by atoms with Gasteiger partial charge in [-0.2, -0.15) is 0 Å². The Bertz CT molecular complexity index is 926. The van der Waals surface area contributed by atoms with Crippen LogP contribution >= 0.6 is 15.6 Å². The molecule has 1 aliphatic rings. The highest BCUT2D eigenvalue weighted by molar-refractivity contribution is 7.46. The molecule has 3 heterocycles. The van der Waals surface area contributed by atoms with E-state index in [1.165, 1.54) is 10.9 Å². The number of aliphatic hydroxyl groups excluding tert-OH is 1. The number of aliphatic hydroxyl groups is 1. The molecule has 2 aromatic heterocycles. The highest BCUT2D eigenvalue weighted by atomic mass is 31.2. The molecule has 27 heavy (non-hydrogen) atoms. The summed E-state index contributed by atoms with van der Waals surface area (Å²) in [6.45, 7) is -0.771. The van der Waals surface area contributed by atoms with Crippen molar-refractivity contribution in [2.45, 2.75) is 24.5 Å². The molecule has 1 fully saturated rings. The van der Waals surface area contributed by atoms with Gasteiger partial charge in [0.2, 0.25) is 0 Å². The maximum absolute atomic E-state index is 11.3. The van der Waals surface area contributed by atoms with Crippen LogP contribution in [0.2, 0.25) is 0 Å². The summed E-state index contributed by atoms with van der Waals surface area (Å²) in [5.74, 6) is 0.0335. The van der Waals surface area contributed by atoms with Gasteiger partial charge in [0.15, 0.2) is 17.7 Å². The minimum atomic E-state index is -5.06. The van der Waals surface area contributed by atoms with E-state index in [-0.39, 0.29) is 17.0 Å². The van der Waals surface area contributed by atoms with E-state index in [0.29, 0.717) is 0 Å². The number of hydrogen-bond donors (Lipinski definition) is 6. The molecule has 0 saturated carbocycles. The van der Waals surface area contributed by atoms with E-state index in [1.807, 2.05) is 0 Å². The van der Waals surface area contributed by atoms with E-state index >= 15 is 0 Å². The fourth-order valence-corrected chi connectivity index (χ4v) is 3.47. The number of imidazole rings is 1. The Morgan fingerprint density at radius 3 is 2.52 bits per heavy atom. The molecule has 0 bridgehead atoms. The van der Waals surface area contributed by atoms with Crippen molar-refractivity contribution in [1.82, 2.24) is 19.5 Å². The number of anilines is 1. The van der Waals surface area contributed by atoms with E-state index in [9.17, 15) is 14.2 Å². The fraction of sp³-hybridized carbons (Fsp3) is 0.500. The second-order valence-corrected chi connectivity index (χ2v) is 7.92. The predicted molar refractivity (Wildman–Crippen MR) is 84.6 cm³/mol. The van der Waals surface area contributed by atoms with E-state index in [4.69, 9.17) is 30.0 Å². The zero-order valence-electron chi connectivity index (χ0n) is 13.2. The monoisotopic (exact) mass is 427 g/mol. The molecule has 2 aromatic rings. The van der Waals surface area contributed by atoms with Crippen molar-refractivity contribution in [3.63, 3.8) is 0 Å². The molecule has 17 heteroatoms. The number of ether oxygens (including phenoxy) is 1. The van der Waals surface area contributed by atoms with Gasteiger partial charge in [-0.05, 0) is 0 Å². The van der Waals surface area contributed by atoms with Gasteiger partial charge < -0.3 is 35.2 Å². The molecule has 0 spiro atoms. The molecule has 15 nitrogen and oxygen atoms in total. The second-order valence-electron chi connectivity index (χ2n) is 5.49. The number of phosphoric ester groups is 2. The van der Waals surface area contributed by atoms with Gasteiger partial charge in [-0.1, -0.05) is 0 Å². The SMILES string of the molecule is Nc1ncnc2c1ncn2[C@H]1O[C@@H](COP(=O)(O)O)[C@H](O)[C@@H]1OP(=O)(O)O. The number of fused-ring (bicyclic) bond motifs is 1. The van der Waals surface area contributed by atoms with Crippen LogP contribution < -0.4 is 5.73 Å². The number of rotatable bonds is 6. The van der Waals surface area contributed by atoms with E-state index in [1.54, 1.807) is 0 Å². The summed E-state index contributed by atoms with van der Waals surface area (Å²) in [5, 5.41) is 10.3. The Morgan fingerprint density at radius 1 is 1.19 bits per heavy atom. The van der Waals surface area contributed by atoms with Crippen LogP contribution in [0, 0.1) is 0 Å². The number of aromatic nitrogens is 4. The summed E-state index contributed by atoms with van der Waals surface area (Å²) in [5.41, 5.74) is 5.96. The molecule has 0 aromatic carbocycles. The average molecular weight is 427 g/mol. The third-order valence-corrected chi connectivity index (χ3v) is 4.64. The number of phosphoric acid groups is 2. The summed E-state index contributed by atoms with van der Waals surface area (Å²) in [7, 11) is -9.94. The fourth-order valence-electron chi connectivity index (χ4n) is 2.58. The van der Waals surface area contributed by atoms with Crippen LogP contribution in [0.4, 0.5) is 5.82 Å². The highest BCUT2D eigenvalue weighted by Crippen LogP contribution is 2.46. The van der Waals surface area contributed by atoms with Crippen molar-refractivity contribution in [2.75, 3.05) is 12.3 Å². The van der Waals surface area contributed by atoms with Crippen molar-refractivity contribution in [1.29, 1.82) is 0 Å². The number of nitrogens with two attached hydrogens (primary N) is 1. The molecule has 0 unspecified atom stereocenters. The lowest BCUT2D eigenvalue weighted by atomic mass is 10.1. The lowest BCUT2D eigenvalue weighted by Gasteiger charge is -2.22. The zero-order chi connectivity index (χ0) is 20.0. The summed E-state index contributed by atoms with van der Waals surface area (Å²) in [6.07, 6.45) is -3.78. The van der Waals surface area contributed by atoms with Gasteiger partial charge in [0.1, 0.15) is 30.2 Å². The van der Waals surface area contributed by atoms with Crippen LogP contribution in [0.1, 0.15) is 6.23 Å². The van der Waals surface area contributed by atoms with Gasteiger partial charge in [0, 0.05) is 0 Å². The van der Waals surface area contributed by atoms with E-state index in [2.05, 4.69) is 24.0 Å². The van der Waals surface area contributed by atoms with E-state index < -0.39 is 46.8 Å². The minimum absolute atomic E-state index is 0.0335. The average Bonchev–Trinajstić information content (AvgIpc) is 3.07. The molecule has 3 rings (SSSR count). The van der Waals surface area contributed by atoms with Crippen molar-refractivity contribution in [3.8, 4) is 0 Å². The van der Waals surface area contributed by atoms with Crippen LogP contribution in [0.5, 0.6) is 0 Å². The predicted octanol–water partition coefficient (Wildman–Crippen LogP) is -1.75. The Morgan fingerprint density at radius 2 is 1.89 bits per heavy atom. The first-order valence-corrected chi connectivity index (χ1v) is 10.2. The Balaban J connectivity index is 1.95. The van der Waals surface area contributed by atoms with Crippen LogP contribution in [-0.4, -0.2) is 69.1 Å². The van der Waals surface area contributed by atoms with Gasteiger partial charge in [0.25, 0.3) is 0 Å². The van der Waals surface area contributed by atoms with Crippen LogP contribution in [0.3, 0.4) is 0 Å². The molecule has 150 valence electrons. The summed E-state index contributed by atoms with van der Waals surface area (Å²) in [6, 6.07) is 0. The lowest BCUT2D eigenvalue weighted by molar-refractivity contribution is -0.0498. The van der Waals surface area contributed by atoms with Gasteiger partial charge >= 0.3 is 15.6 Å². The number of nitrogen functional groups attached to an aromatic ring is 1. The normalized spacial score (nSPS) is 26.7. The van der Waals surface area contributed by atoms with Gasteiger partial charge in [0.05, 0.1) is 12.9 Å². The zero-order valence-corrected chi connectivity index (χ0v) is 15.0. The maximum atomic E-state index is 11.3. The Hall–Kier alpha value is -1.51.